The number of hydrogen-bond acceptors (Lipinski definition) is 3. The zero-order valence-electron chi connectivity index (χ0n) is 8.79. The third kappa shape index (κ3) is 6.22. The molecule has 0 amide bonds. The molecule has 0 aromatic carbocycles. The topological polar surface area (TPSA) is 63.6 Å². The first-order valence-electron chi connectivity index (χ1n) is 4.29. The highest BCUT2D eigenvalue weighted by atomic mass is 16.5. The second kappa shape index (κ2) is 4.79. The van der Waals surface area contributed by atoms with Gasteiger partial charge in [0.15, 0.2) is 0 Å². The molecule has 0 aromatic rings. The Labute approximate surface area is 83.6 Å². The summed E-state index contributed by atoms with van der Waals surface area (Å²) in [4.78, 5) is 21.4. The number of carbonyl (C=O) groups is 2. The Hall–Kier alpha value is -1.32. The molecule has 0 fully saturated rings. The van der Waals surface area contributed by atoms with Crippen molar-refractivity contribution in [2.24, 2.45) is 5.41 Å². The fourth-order valence-corrected chi connectivity index (χ4v) is 0.639. The minimum atomic E-state index is -1.08. The summed E-state index contributed by atoms with van der Waals surface area (Å²) in [5.41, 5.74) is -0.152. The van der Waals surface area contributed by atoms with Crippen molar-refractivity contribution in [2.45, 2.75) is 27.2 Å². The lowest BCUT2D eigenvalue weighted by Gasteiger charge is -2.17. The first-order valence-corrected chi connectivity index (χ1v) is 4.29. The van der Waals surface area contributed by atoms with Crippen LogP contribution in [0.5, 0.6) is 0 Å². The highest BCUT2D eigenvalue weighted by Crippen LogP contribution is 2.14. The van der Waals surface area contributed by atoms with Crippen LogP contribution in [-0.4, -0.2) is 23.7 Å². The van der Waals surface area contributed by atoms with Gasteiger partial charge in [0.2, 0.25) is 0 Å². The molecular formula is C10H16O4. The molecule has 0 bridgehead atoms. The van der Waals surface area contributed by atoms with Crippen molar-refractivity contribution in [1.82, 2.24) is 0 Å². The first-order chi connectivity index (χ1) is 6.22. The van der Waals surface area contributed by atoms with E-state index in [1.54, 1.807) is 0 Å². The van der Waals surface area contributed by atoms with Gasteiger partial charge in [0, 0.05) is 5.57 Å². The average Bonchev–Trinajstić information content (AvgIpc) is 1.97. The van der Waals surface area contributed by atoms with E-state index < -0.39 is 11.9 Å². The molecule has 0 saturated carbocycles. The molecule has 0 saturated heterocycles. The van der Waals surface area contributed by atoms with Crippen molar-refractivity contribution < 1.29 is 19.4 Å². The van der Waals surface area contributed by atoms with Crippen LogP contribution in [0.1, 0.15) is 27.2 Å². The Morgan fingerprint density at radius 1 is 1.36 bits per heavy atom. The largest absolute Gasteiger partial charge is 0.481 e. The second-order valence-electron chi connectivity index (χ2n) is 4.31. The van der Waals surface area contributed by atoms with E-state index in [9.17, 15) is 9.59 Å². The fraction of sp³-hybridized carbons (Fsp3) is 0.600. The molecule has 80 valence electrons. The zero-order chi connectivity index (χ0) is 11.4. The highest BCUT2D eigenvalue weighted by Gasteiger charge is 2.16. The van der Waals surface area contributed by atoms with Gasteiger partial charge in [-0.25, -0.2) is 4.79 Å². The monoisotopic (exact) mass is 200 g/mol. The third-order valence-electron chi connectivity index (χ3n) is 1.29. The Morgan fingerprint density at radius 3 is 2.21 bits per heavy atom. The number of rotatable bonds is 4. The van der Waals surface area contributed by atoms with Crippen LogP contribution in [0, 0.1) is 5.41 Å². The van der Waals surface area contributed by atoms with Gasteiger partial charge >= 0.3 is 11.9 Å². The summed E-state index contributed by atoms with van der Waals surface area (Å²) in [7, 11) is 0. The van der Waals surface area contributed by atoms with E-state index in [0.29, 0.717) is 0 Å². The van der Waals surface area contributed by atoms with Crippen LogP contribution in [-0.2, 0) is 14.3 Å². The van der Waals surface area contributed by atoms with Crippen molar-refractivity contribution in [2.75, 3.05) is 6.61 Å². The predicted octanol–water partition coefficient (Wildman–Crippen LogP) is 1.61. The average molecular weight is 200 g/mol. The molecule has 0 spiro atoms. The van der Waals surface area contributed by atoms with Crippen molar-refractivity contribution in [1.29, 1.82) is 0 Å². The maximum Gasteiger partial charge on any atom is 0.334 e. The zero-order valence-corrected chi connectivity index (χ0v) is 8.79. The lowest BCUT2D eigenvalue weighted by atomic mass is 9.99. The molecule has 0 radical (unpaired) electrons. The fourth-order valence-electron chi connectivity index (χ4n) is 0.639. The Kier molecular flexibility index (Phi) is 4.34. The molecule has 14 heavy (non-hydrogen) atoms. The summed E-state index contributed by atoms with van der Waals surface area (Å²) in [5.74, 6) is -1.72. The van der Waals surface area contributed by atoms with Crippen molar-refractivity contribution >= 4 is 11.9 Å². The summed E-state index contributed by atoms with van der Waals surface area (Å²) in [6, 6.07) is 0. The maximum absolute atomic E-state index is 11.1. The number of hydrogen-bond donors (Lipinski definition) is 1. The summed E-state index contributed by atoms with van der Waals surface area (Å²) < 4.78 is 4.87. The Morgan fingerprint density at radius 2 is 1.86 bits per heavy atom. The second-order valence-corrected chi connectivity index (χ2v) is 4.31. The standard InChI is InChI=1S/C10H16O4/c1-7(5-8(11)12)9(13)14-6-10(2,3)4/h1,5-6H2,2-4H3,(H,11,12). The minimum absolute atomic E-state index is 0.0262. The molecule has 0 aromatic heterocycles. The van der Waals surface area contributed by atoms with Gasteiger partial charge in [-0.05, 0) is 5.41 Å². The number of carboxylic acids is 1. The molecule has 4 heteroatoms. The van der Waals surface area contributed by atoms with E-state index in [1.807, 2.05) is 20.8 Å². The molecule has 0 heterocycles. The lowest BCUT2D eigenvalue weighted by Crippen LogP contribution is -2.19. The smallest absolute Gasteiger partial charge is 0.334 e. The normalized spacial score (nSPS) is 10.8. The van der Waals surface area contributed by atoms with Gasteiger partial charge in [-0.1, -0.05) is 27.4 Å². The molecule has 0 atom stereocenters. The van der Waals surface area contributed by atoms with Crippen molar-refractivity contribution in [3.63, 3.8) is 0 Å². The summed E-state index contributed by atoms with van der Waals surface area (Å²) in [5, 5.41) is 8.39. The molecule has 0 rings (SSSR count). The van der Waals surface area contributed by atoms with Crippen LogP contribution in [0.25, 0.3) is 0 Å². The van der Waals surface area contributed by atoms with Crippen LogP contribution < -0.4 is 0 Å². The molecule has 0 unspecified atom stereocenters. The molecule has 1 N–H and O–H groups in total. The van der Waals surface area contributed by atoms with E-state index >= 15 is 0 Å². The van der Waals surface area contributed by atoms with Gasteiger partial charge in [0.25, 0.3) is 0 Å². The third-order valence-corrected chi connectivity index (χ3v) is 1.29. The van der Waals surface area contributed by atoms with Gasteiger partial charge in [-0.2, -0.15) is 0 Å². The van der Waals surface area contributed by atoms with Gasteiger partial charge in [-0.3, -0.25) is 4.79 Å². The predicted molar refractivity (Wildman–Crippen MR) is 51.8 cm³/mol. The number of carboxylic acid groups (broad SMARTS) is 1. The molecule has 0 aliphatic carbocycles. The van der Waals surface area contributed by atoms with Gasteiger partial charge in [0.05, 0.1) is 13.0 Å². The number of carbonyl (C=O) groups excluding carboxylic acids is 1. The quantitative estimate of drug-likeness (QED) is 0.553. The van der Waals surface area contributed by atoms with Crippen LogP contribution in [0.2, 0.25) is 0 Å². The highest BCUT2D eigenvalue weighted by molar-refractivity contribution is 5.92. The molecule has 0 aliphatic heterocycles. The molecule has 4 nitrogen and oxygen atoms in total. The SMILES string of the molecule is C=C(CC(=O)O)C(=O)OCC(C)(C)C. The van der Waals surface area contributed by atoms with Crippen LogP contribution >= 0.6 is 0 Å². The van der Waals surface area contributed by atoms with E-state index in [1.165, 1.54) is 0 Å². The number of ether oxygens (including phenoxy) is 1. The Bertz CT molecular complexity index is 247. The van der Waals surface area contributed by atoms with Crippen molar-refractivity contribution in [3.05, 3.63) is 12.2 Å². The van der Waals surface area contributed by atoms with Gasteiger partial charge < -0.3 is 9.84 Å². The van der Waals surface area contributed by atoms with E-state index in [2.05, 4.69) is 6.58 Å². The number of esters is 1. The molecular weight excluding hydrogens is 184 g/mol. The number of aliphatic carboxylic acids is 1. The summed E-state index contributed by atoms with van der Waals surface area (Å²) in [6.07, 6.45) is -0.372. The lowest BCUT2D eigenvalue weighted by molar-refractivity contribution is -0.144. The first kappa shape index (κ1) is 12.7. The minimum Gasteiger partial charge on any atom is -0.481 e. The van der Waals surface area contributed by atoms with E-state index in [4.69, 9.17) is 9.84 Å². The molecule has 0 aliphatic rings. The maximum atomic E-state index is 11.1. The van der Waals surface area contributed by atoms with Crippen LogP contribution in [0.15, 0.2) is 12.2 Å². The summed E-state index contributed by atoms with van der Waals surface area (Å²) in [6.45, 7) is 9.35. The Balaban J connectivity index is 3.98. The van der Waals surface area contributed by atoms with Crippen LogP contribution in [0.4, 0.5) is 0 Å². The van der Waals surface area contributed by atoms with E-state index in [-0.39, 0.29) is 24.0 Å². The summed E-state index contributed by atoms with van der Waals surface area (Å²) >= 11 is 0. The van der Waals surface area contributed by atoms with Gasteiger partial charge in [0.1, 0.15) is 0 Å². The van der Waals surface area contributed by atoms with Crippen molar-refractivity contribution in [3.8, 4) is 0 Å². The van der Waals surface area contributed by atoms with E-state index in [0.717, 1.165) is 0 Å². The van der Waals surface area contributed by atoms with Crippen LogP contribution in [0.3, 0.4) is 0 Å². The van der Waals surface area contributed by atoms with Gasteiger partial charge in [-0.15, -0.1) is 0 Å².